The molecule has 0 aromatic heterocycles. The van der Waals surface area contributed by atoms with Gasteiger partial charge in [0, 0.05) is 10.8 Å². The van der Waals surface area contributed by atoms with Crippen molar-refractivity contribution in [3.8, 4) is 0 Å². The van der Waals surface area contributed by atoms with Gasteiger partial charge in [0.1, 0.15) is 0 Å². The van der Waals surface area contributed by atoms with Crippen molar-refractivity contribution in [1.82, 2.24) is 0 Å². The van der Waals surface area contributed by atoms with Crippen LogP contribution in [0.5, 0.6) is 0 Å². The Kier molecular flexibility index (Phi) is 3.38. The number of nitrogens with zero attached hydrogens (tertiary/aromatic N) is 1. The van der Waals surface area contributed by atoms with Gasteiger partial charge in [-0.25, -0.2) is 4.99 Å². The number of hydrogen-bond acceptors (Lipinski definition) is 3. The average molecular weight is 266 g/mol. The van der Waals surface area contributed by atoms with Crippen molar-refractivity contribution in [1.29, 1.82) is 0 Å². The van der Waals surface area contributed by atoms with E-state index in [1.807, 2.05) is 48.5 Å². The Bertz CT molecular complexity index is 702. The molecule has 3 nitrogen and oxygen atoms in total. The Labute approximate surface area is 118 Å². The lowest BCUT2D eigenvalue weighted by Gasteiger charge is -2.18. The fourth-order valence-electron chi connectivity index (χ4n) is 2.55. The van der Waals surface area contributed by atoms with Gasteiger partial charge in [0.05, 0.1) is 5.36 Å². The smallest absolute Gasteiger partial charge is 0.203 e. The lowest BCUT2D eigenvalue weighted by molar-refractivity contribution is 0.116. The average Bonchev–Trinajstić information content (AvgIpc) is 2.83. The van der Waals surface area contributed by atoms with E-state index < -0.39 is 5.72 Å². The first kappa shape index (κ1) is 13.0. The van der Waals surface area contributed by atoms with E-state index in [1.54, 1.807) is 0 Å². The third-order valence-corrected chi connectivity index (χ3v) is 3.61. The summed E-state index contributed by atoms with van der Waals surface area (Å²) in [4.78, 5) is 4.45. The summed E-state index contributed by atoms with van der Waals surface area (Å²) in [5.41, 5.74) is 6.29. The van der Waals surface area contributed by atoms with Crippen molar-refractivity contribution < 1.29 is 5.11 Å². The summed E-state index contributed by atoms with van der Waals surface area (Å²) in [6.07, 6.45) is 3.68. The molecule has 2 aromatic rings. The van der Waals surface area contributed by atoms with Crippen molar-refractivity contribution in [2.75, 3.05) is 6.54 Å². The van der Waals surface area contributed by atoms with Gasteiger partial charge in [-0.05, 0) is 37.1 Å². The maximum atomic E-state index is 10.8. The number of fused-ring (bicyclic) bond motifs is 1. The van der Waals surface area contributed by atoms with Crippen molar-refractivity contribution in [2.24, 2.45) is 10.7 Å². The van der Waals surface area contributed by atoms with Gasteiger partial charge in [-0.1, -0.05) is 42.5 Å². The monoisotopic (exact) mass is 266 g/mol. The molecule has 20 heavy (non-hydrogen) atoms. The molecular weight excluding hydrogens is 248 g/mol. The maximum absolute atomic E-state index is 10.8. The van der Waals surface area contributed by atoms with Gasteiger partial charge in [-0.15, -0.1) is 0 Å². The van der Waals surface area contributed by atoms with Crippen LogP contribution in [-0.4, -0.2) is 11.7 Å². The standard InChI is InChI=1S/C17H18N2O/c18-10-4-6-13-5-3-8-15(11-13)17(20)12-14-7-1-2-9-16(14)19-17/h1-3,5,7-9,11-12,20H,4,6,10,18H2. The second-order valence-electron chi connectivity index (χ2n) is 5.13. The van der Waals surface area contributed by atoms with Crippen molar-refractivity contribution in [3.05, 3.63) is 70.2 Å². The van der Waals surface area contributed by atoms with Crippen LogP contribution in [0, 0.1) is 0 Å². The Morgan fingerprint density at radius 3 is 2.75 bits per heavy atom. The molecule has 0 spiro atoms. The number of benzene rings is 2. The van der Waals surface area contributed by atoms with E-state index in [0.717, 1.165) is 29.0 Å². The van der Waals surface area contributed by atoms with E-state index in [-0.39, 0.29) is 0 Å². The highest BCUT2D eigenvalue weighted by Crippen LogP contribution is 2.26. The van der Waals surface area contributed by atoms with E-state index in [9.17, 15) is 5.11 Å². The minimum atomic E-state index is -1.25. The molecule has 2 aromatic carbocycles. The first-order valence-corrected chi connectivity index (χ1v) is 6.91. The summed E-state index contributed by atoms with van der Waals surface area (Å²) in [7, 11) is 0. The predicted octanol–water partition coefficient (Wildman–Crippen LogP) is 0.837. The van der Waals surface area contributed by atoms with Crippen LogP contribution in [-0.2, 0) is 12.1 Å². The van der Waals surface area contributed by atoms with Gasteiger partial charge in [0.15, 0.2) is 0 Å². The summed E-state index contributed by atoms with van der Waals surface area (Å²) in [6, 6.07) is 15.7. The molecule has 1 aliphatic rings. The van der Waals surface area contributed by atoms with Crippen molar-refractivity contribution in [2.45, 2.75) is 18.6 Å². The highest BCUT2D eigenvalue weighted by Gasteiger charge is 2.28. The molecule has 3 rings (SSSR count). The SMILES string of the molecule is NCCCc1cccc(C2(O)C=c3ccccc3=N2)c1. The van der Waals surface area contributed by atoms with E-state index in [1.165, 1.54) is 5.56 Å². The van der Waals surface area contributed by atoms with E-state index in [0.29, 0.717) is 6.54 Å². The highest BCUT2D eigenvalue weighted by atomic mass is 16.3. The lowest BCUT2D eigenvalue weighted by Crippen LogP contribution is -2.19. The molecule has 0 amide bonds. The number of nitrogens with two attached hydrogens (primary N) is 1. The van der Waals surface area contributed by atoms with Crippen LogP contribution < -0.4 is 16.3 Å². The molecule has 0 aliphatic carbocycles. The number of aryl methyl sites for hydroxylation is 1. The Morgan fingerprint density at radius 2 is 1.95 bits per heavy atom. The van der Waals surface area contributed by atoms with Crippen LogP contribution >= 0.6 is 0 Å². The summed E-state index contributed by atoms with van der Waals surface area (Å²) >= 11 is 0. The normalized spacial score (nSPS) is 20.1. The number of para-hydroxylation sites is 1. The van der Waals surface area contributed by atoms with Crippen LogP contribution in [0.2, 0.25) is 0 Å². The second-order valence-corrected chi connectivity index (χ2v) is 5.13. The zero-order valence-corrected chi connectivity index (χ0v) is 11.3. The molecule has 3 N–H and O–H groups in total. The Hall–Kier alpha value is -1.97. The van der Waals surface area contributed by atoms with Crippen LogP contribution in [0.1, 0.15) is 17.5 Å². The minimum absolute atomic E-state index is 0.677. The summed E-state index contributed by atoms with van der Waals surface area (Å²) in [5, 5.41) is 12.6. The lowest BCUT2D eigenvalue weighted by atomic mass is 9.99. The van der Waals surface area contributed by atoms with Crippen LogP contribution in [0.15, 0.2) is 53.5 Å². The number of hydrogen-bond donors (Lipinski definition) is 2. The second kappa shape index (κ2) is 5.19. The number of rotatable bonds is 4. The fourth-order valence-corrected chi connectivity index (χ4v) is 2.55. The molecule has 0 bridgehead atoms. The van der Waals surface area contributed by atoms with Gasteiger partial charge < -0.3 is 10.8 Å². The summed E-state index contributed by atoms with van der Waals surface area (Å²) in [6.45, 7) is 0.677. The van der Waals surface area contributed by atoms with Crippen LogP contribution in [0.4, 0.5) is 0 Å². The van der Waals surface area contributed by atoms with Gasteiger partial charge in [0.25, 0.3) is 0 Å². The third-order valence-electron chi connectivity index (χ3n) is 3.61. The molecule has 1 atom stereocenters. The van der Waals surface area contributed by atoms with E-state index >= 15 is 0 Å². The quantitative estimate of drug-likeness (QED) is 0.861. The first-order chi connectivity index (χ1) is 9.71. The zero-order valence-electron chi connectivity index (χ0n) is 11.3. The molecule has 0 fully saturated rings. The minimum Gasteiger partial charge on any atom is -0.362 e. The topological polar surface area (TPSA) is 58.6 Å². The van der Waals surface area contributed by atoms with Crippen LogP contribution in [0.3, 0.4) is 0 Å². The summed E-state index contributed by atoms with van der Waals surface area (Å²) < 4.78 is 0. The first-order valence-electron chi connectivity index (χ1n) is 6.91. The van der Waals surface area contributed by atoms with E-state index in [2.05, 4.69) is 11.1 Å². The maximum Gasteiger partial charge on any atom is 0.203 e. The van der Waals surface area contributed by atoms with Gasteiger partial charge in [-0.2, -0.15) is 0 Å². The molecule has 102 valence electrons. The van der Waals surface area contributed by atoms with Crippen molar-refractivity contribution in [3.63, 3.8) is 0 Å². The van der Waals surface area contributed by atoms with Crippen molar-refractivity contribution >= 4 is 6.08 Å². The van der Waals surface area contributed by atoms with E-state index in [4.69, 9.17) is 5.73 Å². The molecule has 0 radical (unpaired) electrons. The third kappa shape index (κ3) is 2.38. The van der Waals surface area contributed by atoms with Gasteiger partial charge >= 0.3 is 0 Å². The predicted molar refractivity (Wildman–Crippen MR) is 79.4 cm³/mol. The fraction of sp³-hybridized carbons (Fsp3) is 0.235. The molecule has 1 unspecified atom stereocenters. The molecule has 1 aliphatic heterocycles. The largest absolute Gasteiger partial charge is 0.362 e. The molecule has 3 heteroatoms. The zero-order chi connectivity index (χ0) is 14.0. The Balaban J connectivity index is 1.99. The number of aliphatic hydroxyl groups is 1. The Morgan fingerprint density at radius 1 is 1.10 bits per heavy atom. The van der Waals surface area contributed by atoms with Crippen LogP contribution in [0.25, 0.3) is 6.08 Å². The molecule has 0 saturated carbocycles. The molecule has 1 heterocycles. The molecular formula is C17H18N2O. The highest BCUT2D eigenvalue weighted by molar-refractivity contribution is 5.46. The summed E-state index contributed by atoms with van der Waals surface area (Å²) in [5.74, 6) is 0. The van der Waals surface area contributed by atoms with Gasteiger partial charge in [0.2, 0.25) is 5.72 Å². The van der Waals surface area contributed by atoms with Gasteiger partial charge in [-0.3, -0.25) is 0 Å². The molecule has 0 saturated heterocycles.